The first-order chi connectivity index (χ1) is 23.5. The standard InChI is InChI=1S/C37H43N7O4S/c1-23(2)40-35(46)25-13-15-27(16-14-25)41-34(45)24(3)43(5)37(48)44-32-22-28(49-33-12-7-6-11-30(33)36(47)38-4)18-19-29(32)31(42-44)20-17-26-10-8-9-21-39-26/h6-12,17-25,27H,13-16H2,1-5H3,(H,38,47)(H,40,46)(H,41,45)/b20-17+/t24-,25-,27-/m0/s1. The first kappa shape index (κ1) is 35.3. The molecule has 3 N–H and O–H groups in total. The summed E-state index contributed by atoms with van der Waals surface area (Å²) in [5, 5.41) is 14.2. The Hall–Kier alpha value is -4.97. The first-order valence-corrected chi connectivity index (χ1v) is 17.4. The van der Waals surface area contributed by atoms with E-state index in [0.717, 1.165) is 20.9 Å². The number of likely N-dealkylation sites (N-methyl/N-ethyl adjacent to an activating group) is 1. The van der Waals surface area contributed by atoms with Crippen LogP contribution in [0.15, 0.2) is 76.7 Å². The van der Waals surface area contributed by atoms with Gasteiger partial charge in [-0.15, -0.1) is 0 Å². The van der Waals surface area contributed by atoms with Gasteiger partial charge in [0.25, 0.3) is 5.91 Å². The van der Waals surface area contributed by atoms with E-state index in [1.165, 1.54) is 21.3 Å². The van der Waals surface area contributed by atoms with E-state index < -0.39 is 12.1 Å². The summed E-state index contributed by atoms with van der Waals surface area (Å²) in [5.41, 5.74) is 2.42. The Morgan fingerprint density at radius 2 is 1.69 bits per heavy atom. The number of amides is 4. The fraction of sp³-hybridized carbons (Fsp3) is 0.351. The Morgan fingerprint density at radius 1 is 0.959 bits per heavy atom. The van der Waals surface area contributed by atoms with Gasteiger partial charge in [0.15, 0.2) is 0 Å². The van der Waals surface area contributed by atoms with E-state index >= 15 is 0 Å². The molecule has 2 aromatic heterocycles. The summed E-state index contributed by atoms with van der Waals surface area (Å²) in [5.74, 6) is -0.437. The third kappa shape index (κ3) is 8.55. The Bertz CT molecular complexity index is 1850. The van der Waals surface area contributed by atoms with Gasteiger partial charge in [0, 0.05) is 53.5 Å². The van der Waals surface area contributed by atoms with E-state index in [4.69, 9.17) is 5.10 Å². The van der Waals surface area contributed by atoms with Crippen molar-refractivity contribution in [3.8, 4) is 0 Å². The maximum Gasteiger partial charge on any atom is 0.345 e. The number of aromatic nitrogens is 3. The number of nitrogens with zero attached hydrogens (tertiary/aromatic N) is 4. The Kier molecular flexibility index (Phi) is 11.5. The Morgan fingerprint density at radius 3 is 2.39 bits per heavy atom. The number of pyridine rings is 1. The molecule has 256 valence electrons. The van der Waals surface area contributed by atoms with Crippen LogP contribution in [0.25, 0.3) is 23.1 Å². The third-order valence-electron chi connectivity index (χ3n) is 8.69. The number of rotatable bonds is 10. The summed E-state index contributed by atoms with van der Waals surface area (Å²) in [6, 6.07) is 17.4. The molecule has 11 nitrogen and oxygen atoms in total. The van der Waals surface area contributed by atoms with E-state index in [-0.39, 0.29) is 35.7 Å². The molecule has 1 saturated carbocycles. The van der Waals surface area contributed by atoms with Crippen molar-refractivity contribution in [2.24, 2.45) is 5.92 Å². The SMILES string of the molecule is CNC(=O)c1ccccc1Sc1ccc2c(/C=C/c3ccccn3)nn(C(=O)N(C)[C@@H](C)C(=O)N[C@H]3CC[C@H](C(=O)NC(C)C)CC3)c2c1. The van der Waals surface area contributed by atoms with Crippen LogP contribution in [0.3, 0.4) is 0 Å². The number of benzene rings is 2. The van der Waals surface area contributed by atoms with Crippen molar-refractivity contribution in [1.29, 1.82) is 0 Å². The molecule has 5 rings (SSSR count). The molecule has 12 heteroatoms. The lowest BCUT2D eigenvalue weighted by atomic mass is 9.85. The van der Waals surface area contributed by atoms with E-state index in [1.54, 1.807) is 33.3 Å². The highest BCUT2D eigenvalue weighted by atomic mass is 32.2. The van der Waals surface area contributed by atoms with Crippen LogP contribution in [-0.2, 0) is 9.59 Å². The molecule has 1 fully saturated rings. The fourth-order valence-electron chi connectivity index (χ4n) is 5.81. The van der Waals surface area contributed by atoms with Crippen molar-refractivity contribution in [2.45, 2.75) is 74.4 Å². The van der Waals surface area contributed by atoms with Crippen molar-refractivity contribution >= 4 is 58.6 Å². The molecule has 0 bridgehead atoms. The number of fused-ring (bicyclic) bond motifs is 1. The molecular formula is C37H43N7O4S. The largest absolute Gasteiger partial charge is 0.355 e. The molecule has 0 spiro atoms. The third-order valence-corrected chi connectivity index (χ3v) is 9.75. The van der Waals surface area contributed by atoms with E-state index in [9.17, 15) is 19.2 Å². The zero-order valence-electron chi connectivity index (χ0n) is 28.5. The molecule has 1 atom stereocenters. The van der Waals surface area contributed by atoms with E-state index in [0.29, 0.717) is 42.5 Å². The normalized spacial score (nSPS) is 16.8. The molecule has 0 saturated heterocycles. The van der Waals surface area contributed by atoms with Gasteiger partial charge < -0.3 is 20.9 Å². The maximum atomic E-state index is 14.0. The highest BCUT2D eigenvalue weighted by molar-refractivity contribution is 7.99. The van der Waals surface area contributed by atoms with Crippen LogP contribution >= 0.6 is 11.8 Å². The summed E-state index contributed by atoms with van der Waals surface area (Å²) in [6.07, 6.45) is 8.16. The van der Waals surface area contributed by atoms with Gasteiger partial charge in [0.05, 0.1) is 22.5 Å². The highest BCUT2D eigenvalue weighted by Crippen LogP contribution is 2.34. The second-order valence-electron chi connectivity index (χ2n) is 12.5. The monoisotopic (exact) mass is 681 g/mol. The molecule has 2 heterocycles. The van der Waals surface area contributed by atoms with Crippen molar-refractivity contribution in [3.05, 3.63) is 83.8 Å². The van der Waals surface area contributed by atoms with E-state index in [2.05, 4.69) is 20.9 Å². The zero-order valence-corrected chi connectivity index (χ0v) is 29.3. The maximum absolute atomic E-state index is 14.0. The van der Waals surface area contributed by atoms with Crippen LogP contribution in [0.2, 0.25) is 0 Å². The number of hydrogen-bond acceptors (Lipinski definition) is 7. The van der Waals surface area contributed by atoms with Gasteiger partial charge in [0.1, 0.15) is 6.04 Å². The molecule has 49 heavy (non-hydrogen) atoms. The minimum absolute atomic E-state index is 0.0495. The Balaban J connectivity index is 1.37. The number of nitrogens with one attached hydrogen (secondary N) is 3. The second-order valence-corrected chi connectivity index (χ2v) is 13.6. The lowest BCUT2D eigenvalue weighted by Gasteiger charge is -2.31. The quantitative estimate of drug-likeness (QED) is 0.198. The summed E-state index contributed by atoms with van der Waals surface area (Å²) in [7, 11) is 3.19. The van der Waals surface area contributed by atoms with Gasteiger partial charge in [-0.3, -0.25) is 19.4 Å². The van der Waals surface area contributed by atoms with Gasteiger partial charge in [-0.05, 0) is 101 Å². The first-order valence-electron chi connectivity index (χ1n) is 16.5. The smallest absolute Gasteiger partial charge is 0.345 e. The predicted octanol–water partition coefficient (Wildman–Crippen LogP) is 5.60. The second kappa shape index (κ2) is 16.0. The van der Waals surface area contributed by atoms with Gasteiger partial charge >= 0.3 is 6.03 Å². The van der Waals surface area contributed by atoms with Crippen molar-refractivity contribution in [2.75, 3.05) is 14.1 Å². The summed E-state index contributed by atoms with van der Waals surface area (Å²) < 4.78 is 1.32. The number of carbonyl (C=O) groups is 4. The summed E-state index contributed by atoms with van der Waals surface area (Å²) in [6.45, 7) is 5.59. The van der Waals surface area contributed by atoms with Crippen LogP contribution in [0, 0.1) is 5.92 Å². The van der Waals surface area contributed by atoms with Crippen LogP contribution in [0.5, 0.6) is 0 Å². The van der Waals surface area contributed by atoms with Gasteiger partial charge in [-0.2, -0.15) is 9.78 Å². The molecule has 0 aliphatic heterocycles. The highest BCUT2D eigenvalue weighted by Gasteiger charge is 2.31. The topological polar surface area (TPSA) is 138 Å². The van der Waals surface area contributed by atoms with Gasteiger partial charge in [-0.25, -0.2) is 4.79 Å². The predicted molar refractivity (Wildman–Crippen MR) is 192 cm³/mol. The number of carbonyl (C=O) groups excluding carboxylic acids is 4. The molecular weight excluding hydrogens is 639 g/mol. The van der Waals surface area contributed by atoms with Crippen LogP contribution < -0.4 is 16.0 Å². The minimum atomic E-state index is -0.779. The van der Waals surface area contributed by atoms with Crippen LogP contribution in [0.4, 0.5) is 4.79 Å². The molecule has 0 unspecified atom stereocenters. The molecule has 4 amide bonds. The zero-order chi connectivity index (χ0) is 35.1. The van der Waals surface area contributed by atoms with E-state index in [1.807, 2.05) is 80.6 Å². The lowest BCUT2D eigenvalue weighted by Crippen LogP contribution is -2.51. The van der Waals surface area contributed by atoms with Crippen molar-refractivity contribution in [1.82, 2.24) is 35.6 Å². The fourth-order valence-corrected chi connectivity index (χ4v) is 6.79. The minimum Gasteiger partial charge on any atom is -0.355 e. The van der Waals surface area contributed by atoms with Crippen LogP contribution in [-0.4, -0.2) is 75.6 Å². The number of hydrogen-bond donors (Lipinski definition) is 3. The average molecular weight is 682 g/mol. The lowest BCUT2D eigenvalue weighted by molar-refractivity contribution is -0.127. The summed E-state index contributed by atoms with van der Waals surface area (Å²) >= 11 is 1.41. The molecule has 0 radical (unpaired) electrons. The van der Waals surface area contributed by atoms with Gasteiger partial charge in [-0.1, -0.05) is 30.0 Å². The average Bonchev–Trinajstić information content (AvgIpc) is 3.47. The Labute approximate surface area is 290 Å². The van der Waals surface area contributed by atoms with Gasteiger partial charge in [0.2, 0.25) is 11.8 Å². The molecule has 2 aromatic carbocycles. The summed E-state index contributed by atoms with van der Waals surface area (Å²) in [4.78, 5) is 59.7. The van der Waals surface area contributed by atoms with Crippen LogP contribution in [0.1, 0.15) is 68.2 Å². The van der Waals surface area contributed by atoms with Crippen molar-refractivity contribution in [3.63, 3.8) is 0 Å². The molecule has 4 aromatic rings. The molecule has 1 aliphatic carbocycles. The van der Waals surface area contributed by atoms with Crippen molar-refractivity contribution < 1.29 is 19.2 Å². The molecule has 1 aliphatic rings.